The first-order valence-electron chi connectivity index (χ1n) is 7.29. The zero-order valence-corrected chi connectivity index (χ0v) is 13.3. The van der Waals surface area contributed by atoms with Crippen molar-refractivity contribution in [2.75, 3.05) is 13.7 Å². The standard InChI is InChI=1S/C15H16F4N2O4/c1-3-25-12(22)10-11(8-4-6-9(16)7-5-8)20-13(23)21(2)14(10,24)15(17,18)19/h4-7,10-11,24H,3H2,1-2H3,(H,20,23)/t10-,11-,14+/m1/s1. The number of benzene rings is 1. The second kappa shape index (κ2) is 6.51. The molecule has 10 heteroatoms. The molecule has 1 aliphatic heterocycles. The van der Waals surface area contributed by atoms with Crippen LogP contribution in [-0.2, 0) is 9.53 Å². The summed E-state index contributed by atoms with van der Waals surface area (Å²) in [5.41, 5.74) is -3.77. The number of hydrogen-bond acceptors (Lipinski definition) is 4. The maximum absolute atomic E-state index is 13.6. The molecule has 1 aromatic carbocycles. The Balaban J connectivity index is 2.62. The molecule has 0 unspecified atom stereocenters. The SMILES string of the molecule is CCOC(=O)[C@H]1[C@@H](c2ccc(F)cc2)NC(=O)N(C)[C@@]1(O)C(F)(F)F. The Hall–Kier alpha value is -2.36. The van der Waals surface area contributed by atoms with E-state index in [0.29, 0.717) is 0 Å². The second-order valence-electron chi connectivity index (χ2n) is 5.49. The van der Waals surface area contributed by atoms with Gasteiger partial charge in [0.1, 0.15) is 11.7 Å². The van der Waals surface area contributed by atoms with Gasteiger partial charge in [0.15, 0.2) is 0 Å². The van der Waals surface area contributed by atoms with Crippen molar-refractivity contribution in [2.24, 2.45) is 5.92 Å². The fourth-order valence-electron chi connectivity index (χ4n) is 2.75. The second-order valence-corrected chi connectivity index (χ2v) is 5.49. The molecule has 0 saturated carbocycles. The van der Waals surface area contributed by atoms with Gasteiger partial charge in [0.2, 0.25) is 0 Å². The highest BCUT2D eigenvalue weighted by molar-refractivity contribution is 5.83. The maximum atomic E-state index is 13.6. The molecule has 25 heavy (non-hydrogen) atoms. The summed E-state index contributed by atoms with van der Waals surface area (Å²) in [6, 6.07) is 1.37. The lowest BCUT2D eigenvalue weighted by Crippen LogP contribution is -2.73. The number of esters is 1. The minimum atomic E-state index is -5.34. The van der Waals surface area contributed by atoms with E-state index < -0.39 is 41.7 Å². The molecule has 1 heterocycles. The van der Waals surface area contributed by atoms with Gasteiger partial charge in [0.25, 0.3) is 5.72 Å². The summed E-state index contributed by atoms with van der Waals surface area (Å²) in [6.07, 6.45) is -5.34. The number of amides is 2. The van der Waals surface area contributed by atoms with Crippen LogP contribution in [0.4, 0.5) is 22.4 Å². The molecule has 0 radical (unpaired) electrons. The largest absolute Gasteiger partial charge is 0.466 e. The molecule has 138 valence electrons. The highest BCUT2D eigenvalue weighted by Crippen LogP contribution is 2.46. The van der Waals surface area contributed by atoms with Crippen molar-refractivity contribution < 1.29 is 37.0 Å². The van der Waals surface area contributed by atoms with Crippen LogP contribution in [0, 0.1) is 11.7 Å². The average molecular weight is 364 g/mol. The van der Waals surface area contributed by atoms with Gasteiger partial charge in [0.05, 0.1) is 12.6 Å². The van der Waals surface area contributed by atoms with Crippen LogP contribution in [0.1, 0.15) is 18.5 Å². The van der Waals surface area contributed by atoms with E-state index in [1.54, 1.807) is 0 Å². The summed E-state index contributed by atoms with van der Waals surface area (Å²) in [5, 5.41) is 12.6. The topological polar surface area (TPSA) is 78.9 Å². The molecule has 6 nitrogen and oxygen atoms in total. The van der Waals surface area contributed by atoms with Crippen LogP contribution in [-0.4, -0.2) is 47.6 Å². The van der Waals surface area contributed by atoms with Gasteiger partial charge in [-0.2, -0.15) is 13.2 Å². The van der Waals surface area contributed by atoms with Crippen molar-refractivity contribution in [1.29, 1.82) is 0 Å². The Labute approximate surface area is 140 Å². The van der Waals surface area contributed by atoms with E-state index in [1.807, 2.05) is 0 Å². The van der Waals surface area contributed by atoms with Gasteiger partial charge in [-0.15, -0.1) is 0 Å². The van der Waals surface area contributed by atoms with Gasteiger partial charge in [-0.1, -0.05) is 12.1 Å². The number of carbonyl (C=O) groups excluding carboxylic acids is 2. The van der Waals surface area contributed by atoms with Crippen LogP contribution < -0.4 is 5.32 Å². The Morgan fingerprint density at radius 3 is 2.40 bits per heavy atom. The number of nitrogens with zero attached hydrogens (tertiary/aromatic N) is 1. The van der Waals surface area contributed by atoms with Crippen molar-refractivity contribution in [3.05, 3.63) is 35.6 Å². The first-order chi connectivity index (χ1) is 11.5. The zero-order chi connectivity index (χ0) is 19.0. The van der Waals surface area contributed by atoms with Crippen molar-refractivity contribution in [1.82, 2.24) is 10.2 Å². The normalized spacial score (nSPS) is 27.0. The van der Waals surface area contributed by atoms with E-state index in [0.717, 1.165) is 31.3 Å². The van der Waals surface area contributed by atoms with E-state index >= 15 is 0 Å². The lowest BCUT2D eigenvalue weighted by molar-refractivity contribution is -0.328. The number of ether oxygens (including phenoxy) is 1. The average Bonchev–Trinajstić information content (AvgIpc) is 2.52. The Kier molecular flexibility index (Phi) is 4.94. The number of halogens is 4. The first-order valence-corrected chi connectivity index (χ1v) is 7.29. The predicted molar refractivity (Wildman–Crippen MR) is 76.6 cm³/mol. The van der Waals surface area contributed by atoms with Gasteiger partial charge >= 0.3 is 18.2 Å². The third-order valence-corrected chi connectivity index (χ3v) is 4.05. The fraction of sp³-hybridized carbons (Fsp3) is 0.467. The highest BCUT2D eigenvalue weighted by Gasteiger charge is 2.69. The number of nitrogens with one attached hydrogen (secondary N) is 1. The quantitative estimate of drug-likeness (QED) is 0.635. The molecule has 2 N–H and O–H groups in total. The zero-order valence-electron chi connectivity index (χ0n) is 13.3. The molecule has 3 atom stereocenters. The maximum Gasteiger partial charge on any atom is 0.437 e. The van der Waals surface area contributed by atoms with E-state index in [4.69, 9.17) is 0 Å². The van der Waals surface area contributed by atoms with Crippen LogP contribution in [0.5, 0.6) is 0 Å². The summed E-state index contributed by atoms with van der Waals surface area (Å²) in [6.45, 7) is 1.17. The fourth-order valence-corrected chi connectivity index (χ4v) is 2.75. The van der Waals surface area contributed by atoms with E-state index in [1.165, 1.54) is 6.92 Å². The summed E-state index contributed by atoms with van der Waals surface area (Å²) >= 11 is 0. The Morgan fingerprint density at radius 2 is 1.92 bits per heavy atom. The molecule has 0 bridgehead atoms. The monoisotopic (exact) mass is 364 g/mol. The van der Waals surface area contributed by atoms with Crippen molar-refractivity contribution in [2.45, 2.75) is 24.9 Å². The summed E-state index contributed by atoms with van der Waals surface area (Å²) in [5.74, 6) is -4.20. The van der Waals surface area contributed by atoms with Gasteiger partial charge in [-0.3, -0.25) is 9.69 Å². The van der Waals surface area contributed by atoms with Crippen LogP contribution in [0.3, 0.4) is 0 Å². The molecule has 2 amide bonds. The highest BCUT2D eigenvalue weighted by atomic mass is 19.4. The van der Waals surface area contributed by atoms with Crippen molar-refractivity contribution in [3.8, 4) is 0 Å². The smallest absolute Gasteiger partial charge is 0.437 e. The summed E-state index contributed by atoms with van der Waals surface area (Å²) in [7, 11) is 0.718. The van der Waals surface area contributed by atoms with Crippen molar-refractivity contribution >= 4 is 12.0 Å². The molecular formula is C15H16F4N2O4. The van der Waals surface area contributed by atoms with Gasteiger partial charge in [-0.05, 0) is 24.6 Å². The predicted octanol–water partition coefficient (Wildman–Crippen LogP) is 1.95. The van der Waals surface area contributed by atoms with Crippen LogP contribution in [0.2, 0.25) is 0 Å². The van der Waals surface area contributed by atoms with Gasteiger partial charge < -0.3 is 15.2 Å². The molecule has 1 aliphatic rings. The number of alkyl halides is 3. The molecular weight excluding hydrogens is 348 g/mol. The number of carbonyl (C=O) groups is 2. The first kappa shape index (κ1) is 19.0. The van der Waals surface area contributed by atoms with Gasteiger partial charge in [0, 0.05) is 7.05 Å². The van der Waals surface area contributed by atoms with E-state index in [2.05, 4.69) is 10.1 Å². The number of aliphatic hydroxyl groups is 1. The van der Waals surface area contributed by atoms with Crippen LogP contribution in [0.15, 0.2) is 24.3 Å². The minimum Gasteiger partial charge on any atom is -0.466 e. The van der Waals surface area contributed by atoms with Crippen LogP contribution >= 0.6 is 0 Å². The van der Waals surface area contributed by atoms with E-state index in [9.17, 15) is 32.3 Å². The van der Waals surface area contributed by atoms with Crippen LogP contribution in [0.25, 0.3) is 0 Å². The Bertz CT molecular complexity index is 664. The molecule has 0 aromatic heterocycles. The molecule has 1 fully saturated rings. The number of hydrogen-bond donors (Lipinski definition) is 2. The summed E-state index contributed by atoms with van der Waals surface area (Å²) < 4.78 is 58.6. The van der Waals surface area contributed by atoms with Gasteiger partial charge in [-0.25, -0.2) is 9.18 Å². The lowest BCUT2D eigenvalue weighted by atomic mass is 9.81. The molecule has 2 rings (SSSR count). The molecule has 1 saturated heterocycles. The number of urea groups is 1. The van der Waals surface area contributed by atoms with Crippen molar-refractivity contribution in [3.63, 3.8) is 0 Å². The molecule has 0 aliphatic carbocycles. The molecule has 1 aromatic rings. The molecule has 0 spiro atoms. The van der Waals surface area contributed by atoms with E-state index in [-0.39, 0.29) is 17.1 Å². The minimum absolute atomic E-state index is 0.00854. The number of rotatable bonds is 3. The lowest BCUT2D eigenvalue weighted by Gasteiger charge is -2.49. The third kappa shape index (κ3) is 3.13. The Morgan fingerprint density at radius 1 is 1.36 bits per heavy atom. The third-order valence-electron chi connectivity index (χ3n) is 4.05. The summed E-state index contributed by atoms with van der Waals surface area (Å²) in [4.78, 5) is 24.2.